The van der Waals surface area contributed by atoms with Gasteiger partial charge in [0, 0.05) is 25.1 Å². The van der Waals surface area contributed by atoms with Crippen LogP contribution in [0.4, 0.5) is 0 Å². The van der Waals surface area contributed by atoms with E-state index in [4.69, 9.17) is 9.26 Å². The van der Waals surface area contributed by atoms with Crippen LogP contribution in [0.25, 0.3) is 11.5 Å². The van der Waals surface area contributed by atoms with Gasteiger partial charge in [0.25, 0.3) is 5.89 Å². The first kappa shape index (κ1) is 15.3. The molecule has 1 amide bonds. The molecule has 1 atom stereocenters. The lowest BCUT2D eigenvalue weighted by molar-refractivity contribution is -0.131. The first-order valence-corrected chi connectivity index (χ1v) is 8.54. The summed E-state index contributed by atoms with van der Waals surface area (Å²) in [6.07, 6.45) is 4.41. The number of benzene rings is 1. The molecule has 6 nitrogen and oxygen atoms in total. The van der Waals surface area contributed by atoms with Gasteiger partial charge in [0.1, 0.15) is 0 Å². The molecule has 126 valence electrons. The summed E-state index contributed by atoms with van der Waals surface area (Å²) in [6.45, 7) is 1.90. The maximum atomic E-state index is 12.4. The van der Waals surface area contributed by atoms with Gasteiger partial charge in [-0.15, -0.1) is 0 Å². The van der Waals surface area contributed by atoms with E-state index in [2.05, 4.69) is 10.1 Å². The van der Waals surface area contributed by atoms with Crippen LogP contribution in [-0.4, -0.2) is 39.7 Å². The molecule has 4 rings (SSSR count). The summed E-state index contributed by atoms with van der Waals surface area (Å²) >= 11 is 0. The number of hydrogen-bond acceptors (Lipinski definition) is 5. The molecule has 0 unspecified atom stereocenters. The standard InChI is InChI=1S/C18H21N3O3/c22-16-7-9-18(8-4-12-23-18)10-11-21(16)13-15-19-17(24-20-15)14-5-2-1-3-6-14/h1-3,5-6H,4,7-13H2/t18-/m1/s1. The molecule has 2 fully saturated rings. The van der Waals surface area contributed by atoms with Gasteiger partial charge < -0.3 is 14.2 Å². The van der Waals surface area contributed by atoms with Gasteiger partial charge in [-0.05, 0) is 37.8 Å². The summed E-state index contributed by atoms with van der Waals surface area (Å²) in [6, 6.07) is 9.65. The molecule has 24 heavy (non-hydrogen) atoms. The van der Waals surface area contributed by atoms with Crippen molar-refractivity contribution in [2.75, 3.05) is 13.2 Å². The summed E-state index contributed by atoms with van der Waals surface area (Å²) < 4.78 is 11.3. The average Bonchev–Trinajstić information content (AvgIpc) is 3.24. The van der Waals surface area contributed by atoms with Crippen LogP contribution < -0.4 is 0 Å². The van der Waals surface area contributed by atoms with Crippen molar-refractivity contribution in [1.82, 2.24) is 15.0 Å². The van der Waals surface area contributed by atoms with E-state index >= 15 is 0 Å². The summed E-state index contributed by atoms with van der Waals surface area (Å²) in [7, 11) is 0. The first-order valence-electron chi connectivity index (χ1n) is 8.54. The molecule has 0 bridgehead atoms. The maximum absolute atomic E-state index is 12.4. The zero-order valence-electron chi connectivity index (χ0n) is 13.6. The second kappa shape index (κ2) is 6.36. The summed E-state index contributed by atoms with van der Waals surface area (Å²) in [4.78, 5) is 18.7. The van der Waals surface area contributed by atoms with Gasteiger partial charge in [-0.3, -0.25) is 4.79 Å². The van der Waals surface area contributed by atoms with Crippen LogP contribution in [0.1, 0.15) is 37.9 Å². The van der Waals surface area contributed by atoms with Crippen LogP contribution in [0, 0.1) is 0 Å². The Kier molecular flexibility index (Phi) is 4.06. The number of likely N-dealkylation sites (tertiary alicyclic amines) is 1. The Bertz CT molecular complexity index is 707. The number of rotatable bonds is 3. The summed E-state index contributed by atoms with van der Waals surface area (Å²) in [5.74, 6) is 1.18. The second-order valence-electron chi connectivity index (χ2n) is 6.58. The van der Waals surface area contributed by atoms with Crippen molar-refractivity contribution < 1.29 is 14.1 Å². The van der Waals surface area contributed by atoms with Crippen molar-refractivity contribution >= 4 is 5.91 Å². The molecule has 0 N–H and O–H groups in total. The van der Waals surface area contributed by atoms with Crippen molar-refractivity contribution in [3.05, 3.63) is 36.2 Å². The summed E-state index contributed by atoms with van der Waals surface area (Å²) in [5.41, 5.74) is 0.799. The molecule has 0 radical (unpaired) electrons. The van der Waals surface area contributed by atoms with Crippen LogP contribution in [0.2, 0.25) is 0 Å². The Labute approximate surface area is 140 Å². The third kappa shape index (κ3) is 3.06. The second-order valence-corrected chi connectivity index (χ2v) is 6.58. The van der Waals surface area contributed by atoms with Gasteiger partial charge in [0.15, 0.2) is 5.82 Å². The van der Waals surface area contributed by atoms with Crippen LogP contribution in [0.3, 0.4) is 0 Å². The number of carbonyl (C=O) groups excluding carboxylic acids is 1. The van der Waals surface area contributed by atoms with Gasteiger partial charge in [0.2, 0.25) is 5.91 Å². The predicted molar refractivity (Wildman–Crippen MR) is 86.9 cm³/mol. The molecule has 2 aromatic rings. The van der Waals surface area contributed by atoms with Gasteiger partial charge in [0.05, 0.1) is 12.1 Å². The molecule has 1 aromatic carbocycles. The van der Waals surface area contributed by atoms with Crippen molar-refractivity contribution in [2.45, 2.75) is 44.2 Å². The third-order valence-corrected chi connectivity index (χ3v) is 4.99. The minimum absolute atomic E-state index is 0.0864. The highest BCUT2D eigenvalue weighted by atomic mass is 16.5. The number of amides is 1. The van der Waals surface area contributed by atoms with E-state index in [0.717, 1.165) is 37.9 Å². The minimum Gasteiger partial charge on any atom is -0.375 e. The van der Waals surface area contributed by atoms with Crippen LogP contribution in [-0.2, 0) is 16.1 Å². The SMILES string of the molecule is O=C1CC[C@]2(CCCO2)CCN1Cc1noc(-c2ccccc2)n1. The van der Waals surface area contributed by atoms with Crippen molar-refractivity contribution in [3.8, 4) is 11.5 Å². The average molecular weight is 327 g/mol. The highest BCUT2D eigenvalue weighted by Gasteiger charge is 2.38. The fraction of sp³-hybridized carbons (Fsp3) is 0.500. The lowest BCUT2D eigenvalue weighted by Gasteiger charge is -2.26. The lowest BCUT2D eigenvalue weighted by Crippen LogP contribution is -2.32. The third-order valence-electron chi connectivity index (χ3n) is 4.99. The van der Waals surface area contributed by atoms with Gasteiger partial charge in [-0.1, -0.05) is 23.4 Å². The Morgan fingerprint density at radius 2 is 2.04 bits per heavy atom. The van der Waals surface area contributed by atoms with E-state index in [0.29, 0.717) is 31.2 Å². The monoisotopic (exact) mass is 327 g/mol. The van der Waals surface area contributed by atoms with Crippen molar-refractivity contribution in [2.24, 2.45) is 0 Å². The van der Waals surface area contributed by atoms with E-state index in [1.165, 1.54) is 0 Å². The van der Waals surface area contributed by atoms with Crippen LogP contribution in [0.15, 0.2) is 34.9 Å². The van der Waals surface area contributed by atoms with Gasteiger partial charge >= 0.3 is 0 Å². The molecule has 0 aliphatic carbocycles. The lowest BCUT2D eigenvalue weighted by atomic mass is 9.92. The van der Waals surface area contributed by atoms with E-state index in [1.54, 1.807) is 0 Å². The maximum Gasteiger partial charge on any atom is 0.257 e. The van der Waals surface area contributed by atoms with Crippen LogP contribution in [0.5, 0.6) is 0 Å². The Morgan fingerprint density at radius 3 is 2.83 bits per heavy atom. The molecule has 1 spiro atoms. The molecule has 2 aliphatic rings. The largest absolute Gasteiger partial charge is 0.375 e. The highest BCUT2D eigenvalue weighted by Crippen LogP contribution is 2.36. The molecule has 2 saturated heterocycles. The number of ether oxygens (including phenoxy) is 1. The molecule has 0 saturated carbocycles. The minimum atomic E-state index is -0.0864. The van der Waals surface area contributed by atoms with Gasteiger partial charge in [-0.2, -0.15) is 4.98 Å². The molecule has 6 heteroatoms. The molecule has 1 aromatic heterocycles. The molecular weight excluding hydrogens is 306 g/mol. The quantitative estimate of drug-likeness (QED) is 0.867. The summed E-state index contributed by atoms with van der Waals surface area (Å²) in [5, 5.41) is 4.03. The highest BCUT2D eigenvalue weighted by molar-refractivity contribution is 5.76. The zero-order chi connectivity index (χ0) is 16.4. The number of carbonyl (C=O) groups is 1. The fourth-order valence-electron chi connectivity index (χ4n) is 3.58. The number of aromatic nitrogens is 2. The number of nitrogens with zero attached hydrogens (tertiary/aromatic N) is 3. The topological polar surface area (TPSA) is 68.5 Å². The molecule has 3 heterocycles. The Hall–Kier alpha value is -2.21. The van der Waals surface area contributed by atoms with E-state index < -0.39 is 0 Å². The van der Waals surface area contributed by atoms with Crippen molar-refractivity contribution in [1.29, 1.82) is 0 Å². The van der Waals surface area contributed by atoms with E-state index in [-0.39, 0.29) is 11.5 Å². The van der Waals surface area contributed by atoms with Crippen molar-refractivity contribution in [3.63, 3.8) is 0 Å². The normalized spacial score (nSPS) is 24.5. The Morgan fingerprint density at radius 1 is 1.17 bits per heavy atom. The van der Waals surface area contributed by atoms with E-state index in [1.807, 2.05) is 35.2 Å². The molecular formula is C18H21N3O3. The fourth-order valence-corrected chi connectivity index (χ4v) is 3.58. The predicted octanol–water partition coefficient (Wildman–Crippen LogP) is 2.80. The Balaban J connectivity index is 1.45. The van der Waals surface area contributed by atoms with Crippen LogP contribution >= 0.6 is 0 Å². The zero-order valence-corrected chi connectivity index (χ0v) is 13.6. The van der Waals surface area contributed by atoms with E-state index in [9.17, 15) is 4.79 Å². The smallest absolute Gasteiger partial charge is 0.257 e. The molecule has 2 aliphatic heterocycles. The first-order chi connectivity index (χ1) is 11.7. The van der Waals surface area contributed by atoms with Gasteiger partial charge in [-0.25, -0.2) is 0 Å². The number of hydrogen-bond donors (Lipinski definition) is 0.